The Labute approximate surface area is 143 Å². The SMILES string of the molecule is COCOc1cc(Oc2ccc(S(C)(=O)=O)c(F)c2)cc(C(=O)O)c1. The first-order valence-corrected chi connectivity index (χ1v) is 8.77. The second kappa shape index (κ2) is 7.49. The van der Waals surface area contributed by atoms with Crippen LogP contribution >= 0.6 is 0 Å². The highest BCUT2D eigenvalue weighted by atomic mass is 32.2. The average molecular weight is 370 g/mol. The van der Waals surface area contributed by atoms with Crippen LogP contribution in [0.5, 0.6) is 17.2 Å². The lowest BCUT2D eigenvalue weighted by molar-refractivity contribution is 0.0506. The minimum absolute atomic E-state index is 0.00475. The molecule has 0 aliphatic carbocycles. The van der Waals surface area contributed by atoms with Crippen LogP contribution in [0.1, 0.15) is 10.4 Å². The Bertz CT molecular complexity index is 893. The van der Waals surface area contributed by atoms with E-state index in [0.29, 0.717) is 0 Å². The molecule has 0 spiro atoms. The number of ether oxygens (including phenoxy) is 3. The maximum Gasteiger partial charge on any atom is 0.335 e. The largest absolute Gasteiger partial charge is 0.478 e. The topological polar surface area (TPSA) is 99.1 Å². The summed E-state index contributed by atoms with van der Waals surface area (Å²) in [6.07, 6.45) is 0.891. The number of aromatic carboxylic acids is 1. The molecule has 0 amide bonds. The standard InChI is InChI=1S/C16H15FO7S/c1-22-9-23-12-5-10(16(18)19)6-13(7-12)24-11-3-4-15(14(17)8-11)25(2,20)21/h3-8H,9H2,1-2H3,(H,18,19). The van der Waals surface area contributed by atoms with Crippen LogP contribution in [0.3, 0.4) is 0 Å². The zero-order valence-electron chi connectivity index (χ0n) is 13.4. The minimum Gasteiger partial charge on any atom is -0.478 e. The Balaban J connectivity index is 2.34. The van der Waals surface area contributed by atoms with E-state index in [1.807, 2.05) is 0 Å². The van der Waals surface area contributed by atoms with Gasteiger partial charge < -0.3 is 19.3 Å². The molecule has 0 unspecified atom stereocenters. The van der Waals surface area contributed by atoms with Gasteiger partial charge in [-0.1, -0.05) is 0 Å². The molecule has 0 aromatic heterocycles. The lowest BCUT2D eigenvalue weighted by Crippen LogP contribution is -2.03. The Morgan fingerprint density at radius 2 is 1.80 bits per heavy atom. The number of carbonyl (C=O) groups is 1. The van der Waals surface area contributed by atoms with E-state index in [-0.39, 0.29) is 29.6 Å². The molecule has 2 aromatic rings. The van der Waals surface area contributed by atoms with Crippen LogP contribution < -0.4 is 9.47 Å². The summed E-state index contributed by atoms with van der Waals surface area (Å²) in [7, 11) is -2.29. The molecule has 0 fully saturated rings. The van der Waals surface area contributed by atoms with Gasteiger partial charge >= 0.3 is 5.97 Å². The molecule has 0 heterocycles. The number of sulfone groups is 1. The summed E-state index contributed by atoms with van der Waals surface area (Å²) < 4.78 is 52.1. The van der Waals surface area contributed by atoms with Gasteiger partial charge in [-0.25, -0.2) is 17.6 Å². The second-order valence-electron chi connectivity index (χ2n) is 5.02. The molecule has 9 heteroatoms. The zero-order chi connectivity index (χ0) is 18.6. The van der Waals surface area contributed by atoms with Gasteiger partial charge in [-0.2, -0.15) is 0 Å². The number of benzene rings is 2. The lowest BCUT2D eigenvalue weighted by atomic mass is 10.2. The Kier molecular flexibility index (Phi) is 5.60. The van der Waals surface area contributed by atoms with Crippen molar-refractivity contribution >= 4 is 15.8 Å². The van der Waals surface area contributed by atoms with Crippen LogP contribution in [0.4, 0.5) is 4.39 Å². The first kappa shape index (κ1) is 18.7. The molecule has 0 aliphatic rings. The van der Waals surface area contributed by atoms with E-state index in [1.165, 1.54) is 31.4 Å². The first-order valence-electron chi connectivity index (χ1n) is 6.88. The van der Waals surface area contributed by atoms with Crippen molar-refractivity contribution in [1.29, 1.82) is 0 Å². The van der Waals surface area contributed by atoms with Gasteiger partial charge in [0.2, 0.25) is 0 Å². The van der Waals surface area contributed by atoms with Gasteiger partial charge in [0.25, 0.3) is 0 Å². The molecule has 134 valence electrons. The van der Waals surface area contributed by atoms with E-state index in [0.717, 1.165) is 18.4 Å². The van der Waals surface area contributed by atoms with Gasteiger partial charge in [-0.05, 0) is 24.3 Å². The smallest absolute Gasteiger partial charge is 0.335 e. The number of hydrogen-bond donors (Lipinski definition) is 1. The highest BCUT2D eigenvalue weighted by Crippen LogP contribution is 2.29. The van der Waals surface area contributed by atoms with Crippen molar-refractivity contribution < 1.29 is 36.9 Å². The minimum atomic E-state index is -3.70. The van der Waals surface area contributed by atoms with Crippen LogP contribution in [-0.2, 0) is 14.6 Å². The van der Waals surface area contributed by atoms with Gasteiger partial charge in [-0.3, -0.25) is 0 Å². The number of carboxylic acids is 1. The molecular weight excluding hydrogens is 355 g/mol. The van der Waals surface area contributed by atoms with Crippen molar-refractivity contribution in [3.8, 4) is 17.2 Å². The van der Waals surface area contributed by atoms with E-state index in [1.54, 1.807) is 0 Å². The number of hydrogen-bond acceptors (Lipinski definition) is 6. The van der Waals surface area contributed by atoms with Crippen LogP contribution in [0.2, 0.25) is 0 Å². The fraction of sp³-hybridized carbons (Fsp3) is 0.188. The van der Waals surface area contributed by atoms with E-state index >= 15 is 0 Å². The normalized spacial score (nSPS) is 11.2. The van der Waals surface area contributed by atoms with Crippen LogP contribution in [0.15, 0.2) is 41.3 Å². The Morgan fingerprint density at radius 1 is 1.12 bits per heavy atom. The first-order chi connectivity index (χ1) is 11.7. The third-order valence-electron chi connectivity index (χ3n) is 3.01. The van der Waals surface area contributed by atoms with Crippen molar-refractivity contribution in [3.63, 3.8) is 0 Å². The summed E-state index contributed by atoms with van der Waals surface area (Å²) in [6, 6.07) is 7.14. The highest BCUT2D eigenvalue weighted by molar-refractivity contribution is 7.90. The average Bonchev–Trinajstić information content (AvgIpc) is 2.51. The zero-order valence-corrected chi connectivity index (χ0v) is 14.2. The predicted octanol–water partition coefficient (Wildman–Crippen LogP) is 2.70. The van der Waals surface area contributed by atoms with Crippen molar-refractivity contribution in [2.24, 2.45) is 0 Å². The summed E-state index contributed by atoms with van der Waals surface area (Å²) in [5.41, 5.74) is -0.100. The molecule has 25 heavy (non-hydrogen) atoms. The van der Waals surface area contributed by atoms with E-state index in [4.69, 9.17) is 19.3 Å². The third-order valence-corrected chi connectivity index (χ3v) is 4.14. The maximum absolute atomic E-state index is 13.9. The van der Waals surface area contributed by atoms with Gasteiger partial charge in [0, 0.05) is 25.5 Å². The fourth-order valence-corrected chi connectivity index (χ4v) is 2.67. The van der Waals surface area contributed by atoms with Gasteiger partial charge in [0.15, 0.2) is 16.6 Å². The summed E-state index contributed by atoms with van der Waals surface area (Å²) in [6.45, 7) is -0.0970. The fourth-order valence-electron chi connectivity index (χ4n) is 1.95. The second-order valence-corrected chi connectivity index (χ2v) is 7.00. The van der Waals surface area contributed by atoms with E-state index < -0.39 is 26.5 Å². The molecule has 2 aromatic carbocycles. The Morgan fingerprint density at radius 3 is 2.36 bits per heavy atom. The molecule has 0 atom stereocenters. The Hall–Kier alpha value is -2.65. The van der Waals surface area contributed by atoms with Crippen molar-refractivity contribution in [3.05, 3.63) is 47.8 Å². The number of carboxylic acid groups (broad SMARTS) is 1. The number of rotatable bonds is 7. The molecule has 7 nitrogen and oxygen atoms in total. The highest BCUT2D eigenvalue weighted by Gasteiger charge is 2.15. The quantitative estimate of drug-likeness (QED) is 0.748. The maximum atomic E-state index is 13.9. The van der Waals surface area contributed by atoms with Gasteiger partial charge in [-0.15, -0.1) is 0 Å². The molecule has 0 saturated carbocycles. The van der Waals surface area contributed by atoms with Gasteiger partial charge in [0.1, 0.15) is 28.0 Å². The monoisotopic (exact) mass is 370 g/mol. The number of halogens is 1. The molecule has 0 radical (unpaired) electrons. The molecule has 0 aliphatic heterocycles. The van der Waals surface area contributed by atoms with Crippen LogP contribution in [-0.4, -0.2) is 39.7 Å². The van der Waals surface area contributed by atoms with E-state index in [2.05, 4.69) is 0 Å². The van der Waals surface area contributed by atoms with Gasteiger partial charge in [0.05, 0.1) is 5.56 Å². The molecule has 1 N–H and O–H groups in total. The summed E-state index contributed by atoms with van der Waals surface area (Å²) >= 11 is 0. The van der Waals surface area contributed by atoms with E-state index in [9.17, 15) is 17.6 Å². The molecule has 0 bridgehead atoms. The summed E-state index contributed by atoms with van der Waals surface area (Å²) in [5, 5.41) is 9.13. The van der Waals surface area contributed by atoms with Crippen LogP contribution in [0.25, 0.3) is 0 Å². The van der Waals surface area contributed by atoms with Crippen molar-refractivity contribution in [2.75, 3.05) is 20.2 Å². The molecule has 2 rings (SSSR count). The number of methoxy groups -OCH3 is 1. The lowest BCUT2D eigenvalue weighted by Gasteiger charge is -2.11. The predicted molar refractivity (Wildman–Crippen MR) is 85.5 cm³/mol. The summed E-state index contributed by atoms with van der Waals surface area (Å²) in [4.78, 5) is 10.7. The van der Waals surface area contributed by atoms with Crippen molar-refractivity contribution in [2.45, 2.75) is 4.90 Å². The third kappa shape index (κ3) is 4.91. The summed E-state index contributed by atoms with van der Waals surface area (Å²) in [5.74, 6) is -1.90. The molecule has 0 saturated heterocycles. The molecular formula is C16H15FO7S. The van der Waals surface area contributed by atoms with Crippen molar-refractivity contribution in [1.82, 2.24) is 0 Å². The van der Waals surface area contributed by atoms with Crippen LogP contribution in [0, 0.1) is 5.82 Å².